The van der Waals surface area contributed by atoms with Crippen LogP contribution in [0.4, 0.5) is 0 Å². The molecular weight excluding hydrogens is 184 g/mol. The lowest BCUT2D eigenvalue weighted by molar-refractivity contribution is 0.409. The molecule has 0 saturated carbocycles. The standard InChI is InChI=1S/C10H8O4/c1-13-7-4-6-2-3-14-10(12)9(6)8(11)5-7/h2-5,11H,1H3. The molecule has 0 aliphatic carbocycles. The largest absolute Gasteiger partial charge is 0.507 e. The molecule has 0 aliphatic heterocycles. The second-order valence-electron chi connectivity index (χ2n) is 2.82. The van der Waals surface area contributed by atoms with E-state index in [2.05, 4.69) is 4.42 Å². The lowest BCUT2D eigenvalue weighted by Gasteiger charge is -2.03. The highest BCUT2D eigenvalue weighted by Crippen LogP contribution is 2.27. The summed E-state index contributed by atoms with van der Waals surface area (Å²) in [6.07, 6.45) is 1.28. The van der Waals surface area contributed by atoms with E-state index in [0.29, 0.717) is 11.1 Å². The number of phenolic OH excluding ortho intramolecular Hbond substituents is 1. The number of methoxy groups -OCH3 is 1. The summed E-state index contributed by atoms with van der Waals surface area (Å²) < 4.78 is 9.59. The molecule has 1 aromatic heterocycles. The van der Waals surface area contributed by atoms with Crippen LogP contribution in [0.15, 0.2) is 33.7 Å². The van der Waals surface area contributed by atoms with Crippen LogP contribution in [0.2, 0.25) is 0 Å². The number of hydrogen-bond donors (Lipinski definition) is 1. The van der Waals surface area contributed by atoms with Gasteiger partial charge in [-0.2, -0.15) is 0 Å². The predicted molar refractivity (Wildman–Crippen MR) is 50.7 cm³/mol. The first-order valence-electron chi connectivity index (χ1n) is 4.01. The first-order valence-corrected chi connectivity index (χ1v) is 4.01. The number of rotatable bonds is 1. The van der Waals surface area contributed by atoms with E-state index in [1.54, 1.807) is 12.1 Å². The zero-order valence-corrected chi connectivity index (χ0v) is 7.48. The molecule has 0 fully saturated rings. The summed E-state index contributed by atoms with van der Waals surface area (Å²) in [6, 6.07) is 4.63. The van der Waals surface area contributed by atoms with Crippen LogP contribution < -0.4 is 10.4 Å². The Balaban J connectivity index is 2.90. The normalized spacial score (nSPS) is 10.4. The van der Waals surface area contributed by atoms with Crippen molar-refractivity contribution in [1.82, 2.24) is 0 Å². The van der Waals surface area contributed by atoms with E-state index in [1.165, 1.54) is 19.4 Å². The third kappa shape index (κ3) is 1.21. The van der Waals surface area contributed by atoms with Crippen LogP contribution in [0.1, 0.15) is 0 Å². The smallest absolute Gasteiger partial charge is 0.347 e. The molecule has 0 unspecified atom stereocenters. The minimum Gasteiger partial charge on any atom is -0.507 e. The number of phenols is 1. The first kappa shape index (κ1) is 8.62. The van der Waals surface area contributed by atoms with Crippen molar-refractivity contribution in [1.29, 1.82) is 0 Å². The van der Waals surface area contributed by atoms with Crippen molar-refractivity contribution in [3.63, 3.8) is 0 Å². The van der Waals surface area contributed by atoms with Gasteiger partial charge in [0.25, 0.3) is 0 Å². The van der Waals surface area contributed by atoms with Gasteiger partial charge in [0.2, 0.25) is 0 Å². The van der Waals surface area contributed by atoms with Crippen LogP contribution in [0.5, 0.6) is 11.5 Å². The Hall–Kier alpha value is -1.97. The average molecular weight is 192 g/mol. The van der Waals surface area contributed by atoms with Gasteiger partial charge in [0.1, 0.15) is 16.9 Å². The Morgan fingerprint density at radius 2 is 2.21 bits per heavy atom. The fourth-order valence-electron chi connectivity index (χ4n) is 1.32. The van der Waals surface area contributed by atoms with E-state index in [9.17, 15) is 9.90 Å². The highest BCUT2D eigenvalue weighted by Gasteiger charge is 2.07. The molecule has 1 aromatic carbocycles. The van der Waals surface area contributed by atoms with Crippen molar-refractivity contribution in [2.75, 3.05) is 7.11 Å². The molecule has 0 atom stereocenters. The van der Waals surface area contributed by atoms with Crippen molar-refractivity contribution in [2.24, 2.45) is 0 Å². The molecule has 0 bridgehead atoms. The highest BCUT2D eigenvalue weighted by molar-refractivity contribution is 5.88. The maximum Gasteiger partial charge on any atom is 0.347 e. The van der Waals surface area contributed by atoms with Gasteiger partial charge in [-0.1, -0.05) is 0 Å². The summed E-state index contributed by atoms with van der Waals surface area (Å²) in [6.45, 7) is 0. The van der Waals surface area contributed by atoms with Crippen molar-refractivity contribution in [3.8, 4) is 11.5 Å². The molecule has 14 heavy (non-hydrogen) atoms. The minimum absolute atomic E-state index is 0.131. The Labute approximate surface area is 79.4 Å². The predicted octanol–water partition coefficient (Wildman–Crippen LogP) is 1.51. The van der Waals surface area contributed by atoms with E-state index in [1.807, 2.05) is 0 Å². The summed E-state index contributed by atoms with van der Waals surface area (Å²) in [4.78, 5) is 11.2. The lowest BCUT2D eigenvalue weighted by Crippen LogP contribution is -1.98. The molecule has 1 N–H and O–H groups in total. The molecule has 0 radical (unpaired) electrons. The Bertz CT molecular complexity index is 527. The zero-order chi connectivity index (χ0) is 10.1. The monoisotopic (exact) mass is 192 g/mol. The maximum atomic E-state index is 11.2. The number of benzene rings is 1. The van der Waals surface area contributed by atoms with Crippen LogP contribution in [0, 0.1) is 0 Å². The topological polar surface area (TPSA) is 59.7 Å². The van der Waals surface area contributed by atoms with Gasteiger partial charge in [0, 0.05) is 6.07 Å². The minimum atomic E-state index is -0.553. The fraction of sp³-hybridized carbons (Fsp3) is 0.100. The molecule has 2 rings (SSSR count). The van der Waals surface area contributed by atoms with Crippen LogP contribution in [0.25, 0.3) is 10.8 Å². The van der Waals surface area contributed by atoms with Crippen molar-refractivity contribution >= 4 is 10.8 Å². The van der Waals surface area contributed by atoms with Gasteiger partial charge in [0.15, 0.2) is 0 Å². The first-order chi connectivity index (χ1) is 6.72. The van der Waals surface area contributed by atoms with E-state index in [4.69, 9.17) is 4.74 Å². The van der Waals surface area contributed by atoms with Crippen LogP contribution in [0.3, 0.4) is 0 Å². The SMILES string of the molecule is COc1cc(O)c2c(=O)occc2c1. The number of hydrogen-bond acceptors (Lipinski definition) is 4. The summed E-state index contributed by atoms with van der Waals surface area (Å²) >= 11 is 0. The summed E-state index contributed by atoms with van der Waals surface area (Å²) in [5.74, 6) is 0.370. The second-order valence-corrected chi connectivity index (χ2v) is 2.82. The second kappa shape index (κ2) is 3.06. The molecule has 4 nitrogen and oxygen atoms in total. The molecule has 4 heteroatoms. The van der Waals surface area contributed by atoms with Gasteiger partial charge < -0.3 is 14.3 Å². The molecule has 2 aromatic rings. The quantitative estimate of drug-likeness (QED) is 0.743. The number of aromatic hydroxyl groups is 1. The molecule has 1 heterocycles. The summed E-state index contributed by atoms with van der Waals surface area (Å²) in [7, 11) is 1.49. The van der Waals surface area contributed by atoms with Gasteiger partial charge in [-0.15, -0.1) is 0 Å². The average Bonchev–Trinajstić information content (AvgIpc) is 2.17. The Morgan fingerprint density at radius 3 is 2.93 bits per heavy atom. The van der Waals surface area contributed by atoms with E-state index in [0.717, 1.165) is 0 Å². The third-order valence-corrected chi connectivity index (χ3v) is 1.98. The number of fused-ring (bicyclic) bond motifs is 1. The van der Waals surface area contributed by atoms with Crippen LogP contribution in [-0.2, 0) is 0 Å². The van der Waals surface area contributed by atoms with Gasteiger partial charge in [-0.3, -0.25) is 0 Å². The summed E-state index contributed by atoms with van der Waals surface area (Å²) in [5, 5.41) is 10.3. The Morgan fingerprint density at radius 1 is 1.43 bits per heavy atom. The van der Waals surface area contributed by atoms with Gasteiger partial charge in [0.05, 0.1) is 13.4 Å². The lowest BCUT2D eigenvalue weighted by atomic mass is 10.1. The third-order valence-electron chi connectivity index (χ3n) is 1.98. The Kier molecular flexibility index (Phi) is 1.89. The van der Waals surface area contributed by atoms with Crippen molar-refractivity contribution in [3.05, 3.63) is 34.9 Å². The van der Waals surface area contributed by atoms with E-state index < -0.39 is 5.63 Å². The van der Waals surface area contributed by atoms with Gasteiger partial charge in [-0.25, -0.2) is 4.79 Å². The molecule has 0 saturated heterocycles. The van der Waals surface area contributed by atoms with Crippen molar-refractivity contribution in [2.45, 2.75) is 0 Å². The van der Waals surface area contributed by atoms with Gasteiger partial charge in [-0.05, 0) is 17.5 Å². The summed E-state index contributed by atoms with van der Waals surface area (Å²) in [5.41, 5.74) is -0.553. The molecular formula is C10H8O4. The fourth-order valence-corrected chi connectivity index (χ4v) is 1.32. The molecule has 0 aliphatic rings. The molecule has 0 spiro atoms. The maximum absolute atomic E-state index is 11.2. The van der Waals surface area contributed by atoms with E-state index >= 15 is 0 Å². The van der Waals surface area contributed by atoms with E-state index in [-0.39, 0.29) is 11.1 Å². The van der Waals surface area contributed by atoms with Crippen LogP contribution >= 0.6 is 0 Å². The van der Waals surface area contributed by atoms with Crippen LogP contribution in [-0.4, -0.2) is 12.2 Å². The zero-order valence-electron chi connectivity index (χ0n) is 7.48. The van der Waals surface area contributed by atoms with Crippen molar-refractivity contribution < 1.29 is 14.3 Å². The molecule has 0 amide bonds. The highest BCUT2D eigenvalue weighted by atomic mass is 16.5. The van der Waals surface area contributed by atoms with Gasteiger partial charge >= 0.3 is 5.63 Å². The number of ether oxygens (including phenoxy) is 1. The molecule has 72 valence electrons.